The van der Waals surface area contributed by atoms with E-state index in [9.17, 15) is 0 Å². The van der Waals surface area contributed by atoms with Crippen LogP contribution in [0.15, 0.2) is 0 Å². The molecule has 0 aromatic carbocycles. The normalized spacial score (nSPS) is 16.4. The van der Waals surface area contributed by atoms with Gasteiger partial charge in [0.1, 0.15) is 0 Å². The molecule has 1 fully saturated rings. The molecule has 126 valence electrons. The first kappa shape index (κ1) is 29.1. The SMILES string of the molecule is C.CN1CN(C)CN(C)C1.C[N-]CN(C)C[N-]C.[Re].[Re]. The Morgan fingerprint density at radius 2 is 1.05 bits per heavy atom. The van der Waals surface area contributed by atoms with E-state index in [1.165, 1.54) is 0 Å². The summed E-state index contributed by atoms with van der Waals surface area (Å²) in [5, 5.41) is 7.84. The van der Waals surface area contributed by atoms with E-state index < -0.39 is 0 Å². The molecule has 0 spiro atoms. The second-order valence-corrected chi connectivity index (χ2v) is 4.76. The summed E-state index contributed by atoms with van der Waals surface area (Å²) in [4.78, 5) is 8.87. The molecule has 0 aromatic rings. The van der Waals surface area contributed by atoms with E-state index in [1.54, 1.807) is 14.1 Å². The topological polar surface area (TPSA) is 41.2 Å². The molecule has 8 heteroatoms. The maximum atomic E-state index is 3.92. The van der Waals surface area contributed by atoms with Crippen molar-refractivity contribution in [3.8, 4) is 0 Å². The Morgan fingerprint density at radius 1 is 0.800 bits per heavy atom. The van der Waals surface area contributed by atoms with Crippen LogP contribution in [-0.4, -0.2) is 95.2 Å². The van der Waals surface area contributed by atoms with E-state index in [0.29, 0.717) is 0 Å². The number of hydrogen-bond donors (Lipinski definition) is 0. The maximum Gasteiger partial charge on any atom is 0.0523 e. The van der Waals surface area contributed by atoms with Crippen molar-refractivity contribution in [2.45, 2.75) is 7.43 Å². The molecule has 6 nitrogen and oxygen atoms in total. The van der Waals surface area contributed by atoms with Crippen molar-refractivity contribution < 1.29 is 40.8 Å². The molecule has 0 saturated carbocycles. The third-order valence-electron chi connectivity index (χ3n) is 2.21. The molecule has 0 atom stereocenters. The fourth-order valence-corrected chi connectivity index (χ4v) is 1.90. The summed E-state index contributed by atoms with van der Waals surface area (Å²) in [7, 11) is 12.0. The summed E-state index contributed by atoms with van der Waals surface area (Å²) in [6, 6.07) is 0. The van der Waals surface area contributed by atoms with E-state index in [2.05, 4.69) is 46.5 Å². The van der Waals surface area contributed by atoms with Gasteiger partial charge in [0.15, 0.2) is 0 Å². The minimum absolute atomic E-state index is 0. The minimum atomic E-state index is 0. The van der Waals surface area contributed by atoms with Gasteiger partial charge in [-0.25, -0.2) is 0 Å². The standard InChI is InChI=1S/C6H15N3.C5H13N3.CH4.2Re/c1-7-4-8(2)6-9(3)5-7;1-6-4-8(3)5-7-2;;;/h4-6H2,1-3H3;4-5H2,1-3H3;1H4;;/q;-2;;;. The van der Waals surface area contributed by atoms with Gasteiger partial charge >= 0.3 is 0 Å². The first-order chi connectivity index (χ1) is 7.99. The van der Waals surface area contributed by atoms with Gasteiger partial charge in [-0.2, -0.15) is 14.1 Å². The minimum Gasteiger partial charge on any atom is -0.653 e. The summed E-state index contributed by atoms with van der Waals surface area (Å²) in [5.74, 6) is 0. The average Bonchev–Trinajstić information content (AvgIpc) is 2.16. The zero-order chi connectivity index (χ0) is 13.3. The van der Waals surface area contributed by atoms with Gasteiger partial charge in [-0.1, -0.05) is 20.8 Å². The summed E-state index contributed by atoms with van der Waals surface area (Å²) < 4.78 is 0. The maximum absolute atomic E-state index is 3.92. The number of rotatable bonds is 4. The van der Waals surface area contributed by atoms with Crippen LogP contribution in [0.2, 0.25) is 0 Å². The van der Waals surface area contributed by atoms with E-state index in [0.717, 1.165) is 33.3 Å². The molecule has 0 bridgehead atoms. The fourth-order valence-electron chi connectivity index (χ4n) is 1.90. The molecule has 0 N–H and O–H groups in total. The fraction of sp³-hybridized carbons (Fsp3) is 1.00. The Labute approximate surface area is 153 Å². The van der Waals surface area contributed by atoms with E-state index in [1.807, 2.05) is 11.9 Å². The molecular formula is C12H32N6Re2-2. The third-order valence-corrected chi connectivity index (χ3v) is 2.21. The Kier molecular flexibility index (Phi) is 26.4. The van der Waals surface area contributed by atoms with Gasteiger partial charge in [0, 0.05) is 40.8 Å². The predicted molar refractivity (Wildman–Crippen MR) is 80.7 cm³/mol. The van der Waals surface area contributed by atoms with E-state index >= 15 is 0 Å². The van der Waals surface area contributed by atoms with Crippen LogP contribution in [0.25, 0.3) is 10.6 Å². The van der Waals surface area contributed by atoms with Crippen LogP contribution >= 0.6 is 0 Å². The molecule has 0 aromatic heterocycles. The number of hydrogen-bond acceptors (Lipinski definition) is 4. The predicted octanol–water partition coefficient (Wildman–Crippen LogP) is 1.14. The number of nitrogens with zero attached hydrogens (tertiary/aromatic N) is 6. The Balaban J connectivity index is -0.000000112. The van der Waals surface area contributed by atoms with Gasteiger partial charge in [0.2, 0.25) is 0 Å². The smallest absolute Gasteiger partial charge is 0.0523 e. The van der Waals surface area contributed by atoms with Crippen molar-refractivity contribution >= 4 is 0 Å². The Bertz CT molecular complexity index is 156. The van der Waals surface area contributed by atoms with Crippen LogP contribution in [0, 0.1) is 0 Å². The largest absolute Gasteiger partial charge is 0.653 e. The van der Waals surface area contributed by atoms with Crippen molar-refractivity contribution in [2.75, 3.05) is 75.6 Å². The molecule has 0 amide bonds. The molecule has 1 rings (SSSR count). The summed E-state index contributed by atoms with van der Waals surface area (Å²) >= 11 is 0. The summed E-state index contributed by atoms with van der Waals surface area (Å²) in [6.45, 7) is 4.81. The molecule has 0 aliphatic carbocycles. The van der Waals surface area contributed by atoms with Crippen molar-refractivity contribution in [1.29, 1.82) is 0 Å². The van der Waals surface area contributed by atoms with Crippen molar-refractivity contribution in [2.24, 2.45) is 0 Å². The third kappa shape index (κ3) is 17.1. The van der Waals surface area contributed by atoms with Crippen LogP contribution in [-0.2, 0) is 40.8 Å². The van der Waals surface area contributed by atoms with Gasteiger partial charge in [0.25, 0.3) is 0 Å². The molecule has 20 heavy (non-hydrogen) atoms. The van der Waals surface area contributed by atoms with E-state index in [-0.39, 0.29) is 48.3 Å². The van der Waals surface area contributed by atoms with Crippen LogP contribution in [0.1, 0.15) is 7.43 Å². The van der Waals surface area contributed by atoms with Crippen LogP contribution in [0.3, 0.4) is 0 Å². The van der Waals surface area contributed by atoms with Gasteiger partial charge in [0.05, 0.1) is 20.0 Å². The summed E-state index contributed by atoms with van der Waals surface area (Å²) in [6.07, 6.45) is 0. The zero-order valence-electron chi connectivity index (χ0n) is 13.0. The molecule has 1 saturated heterocycles. The average molecular weight is 633 g/mol. The molecular weight excluding hydrogens is 601 g/mol. The van der Waals surface area contributed by atoms with Crippen LogP contribution < -0.4 is 0 Å². The molecule has 2 radical (unpaired) electrons. The van der Waals surface area contributed by atoms with Crippen molar-refractivity contribution in [1.82, 2.24) is 19.6 Å². The molecule has 1 aliphatic heterocycles. The first-order valence-corrected chi connectivity index (χ1v) is 5.85. The van der Waals surface area contributed by atoms with Gasteiger partial charge in [-0.15, -0.1) is 0 Å². The first-order valence-electron chi connectivity index (χ1n) is 5.85. The van der Waals surface area contributed by atoms with Crippen LogP contribution in [0.5, 0.6) is 0 Å². The van der Waals surface area contributed by atoms with Crippen molar-refractivity contribution in [3.05, 3.63) is 10.6 Å². The summed E-state index contributed by atoms with van der Waals surface area (Å²) in [5.41, 5.74) is 0. The quantitative estimate of drug-likeness (QED) is 0.467. The van der Waals surface area contributed by atoms with Crippen LogP contribution in [0.4, 0.5) is 0 Å². The molecule has 1 aliphatic rings. The zero-order valence-corrected chi connectivity index (χ0v) is 18.4. The van der Waals surface area contributed by atoms with Gasteiger partial charge in [-0.3, -0.25) is 14.7 Å². The molecule has 1 heterocycles. The van der Waals surface area contributed by atoms with Gasteiger partial charge < -0.3 is 15.5 Å². The second-order valence-electron chi connectivity index (χ2n) is 4.76. The Morgan fingerprint density at radius 3 is 1.25 bits per heavy atom. The molecule has 0 unspecified atom stereocenters. The monoisotopic (exact) mass is 634 g/mol. The second kappa shape index (κ2) is 18.1. The van der Waals surface area contributed by atoms with Gasteiger partial charge in [-0.05, 0) is 28.2 Å². The van der Waals surface area contributed by atoms with Crippen molar-refractivity contribution in [3.63, 3.8) is 0 Å². The van der Waals surface area contributed by atoms with E-state index in [4.69, 9.17) is 0 Å². The Hall–Kier alpha value is 1.08.